The van der Waals surface area contributed by atoms with Gasteiger partial charge < -0.3 is 15.8 Å². The highest BCUT2D eigenvalue weighted by molar-refractivity contribution is 5.81. The van der Waals surface area contributed by atoms with Crippen molar-refractivity contribution in [3.05, 3.63) is 35.1 Å². The SMILES string of the molecule is COCCCC(N)C(=O)NCc1ccc(C)c(F)c1. The molecule has 0 fully saturated rings. The molecule has 0 spiro atoms. The number of carbonyl (C=O) groups excluding carboxylic acids is 1. The lowest BCUT2D eigenvalue weighted by Crippen LogP contribution is -2.40. The average Bonchev–Trinajstić information content (AvgIpc) is 2.40. The lowest BCUT2D eigenvalue weighted by atomic mass is 10.1. The lowest BCUT2D eigenvalue weighted by Gasteiger charge is -2.12. The van der Waals surface area contributed by atoms with E-state index in [1.807, 2.05) is 0 Å². The number of ether oxygens (including phenoxy) is 1. The Hall–Kier alpha value is -1.46. The summed E-state index contributed by atoms with van der Waals surface area (Å²) in [6.07, 6.45) is 1.31. The predicted molar refractivity (Wildman–Crippen MR) is 72.1 cm³/mol. The maximum atomic E-state index is 13.3. The highest BCUT2D eigenvalue weighted by Gasteiger charge is 2.12. The van der Waals surface area contributed by atoms with Gasteiger partial charge in [0.15, 0.2) is 0 Å². The number of hydrogen-bond donors (Lipinski definition) is 2. The first kappa shape index (κ1) is 15.6. The second-order valence-electron chi connectivity index (χ2n) is 4.54. The fraction of sp³-hybridized carbons (Fsp3) is 0.500. The number of nitrogens with one attached hydrogen (secondary N) is 1. The van der Waals surface area contributed by atoms with Gasteiger partial charge in [-0.15, -0.1) is 0 Å². The van der Waals surface area contributed by atoms with Crippen LogP contribution in [-0.2, 0) is 16.1 Å². The molecule has 19 heavy (non-hydrogen) atoms. The molecular weight excluding hydrogens is 247 g/mol. The third-order valence-corrected chi connectivity index (χ3v) is 2.90. The Morgan fingerprint density at radius 3 is 2.89 bits per heavy atom. The minimum atomic E-state index is -0.551. The quantitative estimate of drug-likeness (QED) is 0.737. The van der Waals surface area contributed by atoms with Gasteiger partial charge in [-0.1, -0.05) is 12.1 Å². The molecule has 3 N–H and O–H groups in total. The van der Waals surface area contributed by atoms with Crippen LogP contribution < -0.4 is 11.1 Å². The van der Waals surface area contributed by atoms with Crippen molar-refractivity contribution >= 4 is 5.91 Å². The highest BCUT2D eigenvalue weighted by Crippen LogP contribution is 2.09. The zero-order chi connectivity index (χ0) is 14.3. The molecule has 0 heterocycles. The summed E-state index contributed by atoms with van der Waals surface area (Å²) in [5.41, 5.74) is 7.05. The topological polar surface area (TPSA) is 64.3 Å². The largest absolute Gasteiger partial charge is 0.385 e. The number of rotatable bonds is 7. The summed E-state index contributed by atoms with van der Waals surface area (Å²) in [6, 6.07) is 4.35. The Kier molecular flexibility index (Phi) is 6.45. The van der Waals surface area contributed by atoms with E-state index in [0.717, 1.165) is 12.0 Å². The smallest absolute Gasteiger partial charge is 0.237 e. The summed E-state index contributed by atoms with van der Waals surface area (Å²) in [6.45, 7) is 2.57. The Labute approximate surface area is 113 Å². The minimum absolute atomic E-state index is 0.225. The van der Waals surface area contributed by atoms with Crippen LogP contribution in [0.2, 0.25) is 0 Å². The van der Waals surface area contributed by atoms with E-state index in [-0.39, 0.29) is 18.3 Å². The van der Waals surface area contributed by atoms with Gasteiger partial charge in [-0.2, -0.15) is 0 Å². The average molecular weight is 268 g/mol. The molecule has 0 saturated carbocycles. The molecule has 0 aliphatic carbocycles. The second-order valence-corrected chi connectivity index (χ2v) is 4.54. The van der Waals surface area contributed by atoms with E-state index >= 15 is 0 Å². The Balaban J connectivity index is 2.38. The van der Waals surface area contributed by atoms with Crippen molar-refractivity contribution in [2.75, 3.05) is 13.7 Å². The molecule has 0 radical (unpaired) electrons. The fourth-order valence-electron chi connectivity index (χ4n) is 1.65. The normalized spacial score (nSPS) is 12.2. The second kappa shape index (κ2) is 7.86. The van der Waals surface area contributed by atoms with Crippen LogP contribution >= 0.6 is 0 Å². The van der Waals surface area contributed by atoms with Crippen LogP contribution in [0.4, 0.5) is 4.39 Å². The van der Waals surface area contributed by atoms with Crippen LogP contribution in [0.3, 0.4) is 0 Å². The number of aryl methyl sites for hydroxylation is 1. The first-order valence-corrected chi connectivity index (χ1v) is 6.32. The highest BCUT2D eigenvalue weighted by atomic mass is 19.1. The summed E-state index contributed by atoms with van der Waals surface area (Å²) in [5.74, 6) is -0.492. The number of benzene rings is 1. The van der Waals surface area contributed by atoms with E-state index in [1.54, 1.807) is 26.2 Å². The maximum absolute atomic E-state index is 13.3. The zero-order valence-electron chi connectivity index (χ0n) is 11.4. The summed E-state index contributed by atoms with van der Waals surface area (Å²) in [7, 11) is 1.61. The van der Waals surface area contributed by atoms with Crippen LogP contribution in [0.25, 0.3) is 0 Å². The monoisotopic (exact) mass is 268 g/mol. The predicted octanol–water partition coefficient (Wildman–Crippen LogP) is 1.50. The molecule has 0 saturated heterocycles. The number of halogens is 1. The van der Waals surface area contributed by atoms with Crippen LogP contribution in [0.5, 0.6) is 0 Å². The van der Waals surface area contributed by atoms with Gasteiger partial charge in [-0.25, -0.2) is 4.39 Å². The van der Waals surface area contributed by atoms with Crippen molar-refractivity contribution in [3.8, 4) is 0 Å². The molecule has 1 atom stereocenters. The third-order valence-electron chi connectivity index (χ3n) is 2.90. The molecule has 0 aliphatic rings. The number of nitrogens with two attached hydrogens (primary N) is 1. The van der Waals surface area contributed by atoms with E-state index in [4.69, 9.17) is 10.5 Å². The molecular formula is C14H21FN2O2. The molecule has 1 rings (SSSR count). The summed E-state index contributed by atoms with van der Waals surface area (Å²) < 4.78 is 18.2. The van der Waals surface area contributed by atoms with Crippen molar-refractivity contribution in [3.63, 3.8) is 0 Å². The van der Waals surface area contributed by atoms with Crippen molar-refractivity contribution in [2.24, 2.45) is 5.73 Å². The number of carbonyl (C=O) groups is 1. The molecule has 1 amide bonds. The van der Waals surface area contributed by atoms with E-state index < -0.39 is 6.04 Å². The molecule has 106 valence electrons. The Bertz CT molecular complexity index is 424. The minimum Gasteiger partial charge on any atom is -0.385 e. The lowest BCUT2D eigenvalue weighted by molar-refractivity contribution is -0.122. The summed E-state index contributed by atoms with van der Waals surface area (Å²) in [4.78, 5) is 11.7. The van der Waals surface area contributed by atoms with Crippen molar-refractivity contribution in [1.29, 1.82) is 0 Å². The molecule has 1 aromatic carbocycles. The molecule has 1 unspecified atom stereocenters. The van der Waals surface area contributed by atoms with Gasteiger partial charge in [-0.05, 0) is 37.0 Å². The van der Waals surface area contributed by atoms with E-state index in [2.05, 4.69) is 5.32 Å². The maximum Gasteiger partial charge on any atom is 0.237 e. The van der Waals surface area contributed by atoms with E-state index in [9.17, 15) is 9.18 Å². The Morgan fingerprint density at radius 2 is 2.26 bits per heavy atom. The zero-order valence-corrected chi connectivity index (χ0v) is 11.4. The number of hydrogen-bond acceptors (Lipinski definition) is 3. The summed E-state index contributed by atoms with van der Waals surface area (Å²) in [5, 5.41) is 2.70. The van der Waals surface area contributed by atoms with E-state index in [1.165, 1.54) is 6.07 Å². The molecule has 0 aromatic heterocycles. The van der Waals surface area contributed by atoms with Gasteiger partial charge >= 0.3 is 0 Å². The third kappa shape index (κ3) is 5.36. The van der Waals surface area contributed by atoms with Crippen molar-refractivity contribution in [2.45, 2.75) is 32.4 Å². The molecule has 1 aromatic rings. The van der Waals surface area contributed by atoms with Crippen LogP contribution in [0.1, 0.15) is 24.0 Å². The first-order valence-electron chi connectivity index (χ1n) is 6.32. The van der Waals surface area contributed by atoms with Crippen molar-refractivity contribution in [1.82, 2.24) is 5.32 Å². The summed E-state index contributed by atoms with van der Waals surface area (Å²) >= 11 is 0. The molecule has 0 bridgehead atoms. The van der Waals surface area contributed by atoms with Crippen LogP contribution in [-0.4, -0.2) is 25.7 Å². The standard InChI is InChI=1S/C14H21FN2O2/c1-10-5-6-11(8-12(10)15)9-17-14(18)13(16)4-3-7-19-2/h5-6,8,13H,3-4,7,9,16H2,1-2H3,(H,17,18). The van der Waals surface area contributed by atoms with Gasteiger partial charge in [-0.3, -0.25) is 4.79 Å². The number of amides is 1. The first-order chi connectivity index (χ1) is 9.04. The molecule has 4 nitrogen and oxygen atoms in total. The molecule has 0 aliphatic heterocycles. The van der Waals surface area contributed by atoms with Gasteiger partial charge in [0.25, 0.3) is 0 Å². The number of methoxy groups -OCH3 is 1. The van der Waals surface area contributed by atoms with Gasteiger partial charge in [0.1, 0.15) is 5.82 Å². The Morgan fingerprint density at radius 1 is 1.53 bits per heavy atom. The van der Waals surface area contributed by atoms with Gasteiger partial charge in [0.2, 0.25) is 5.91 Å². The molecule has 5 heteroatoms. The fourth-order valence-corrected chi connectivity index (χ4v) is 1.65. The van der Waals surface area contributed by atoms with Gasteiger partial charge in [0.05, 0.1) is 6.04 Å². The van der Waals surface area contributed by atoms with Crippen LogP contribution in [0.15, 0.2) is 18.2 Å². The van der Waals surface area contributed by atoms with Crippen molar-refractivity contribution < 1.29 is 13.9 Å². The van der Waals surface area contributed by atoms with Crippen LogP contribution in [0, 0.1) is 12.7 Å². The van der Waals surface area contributed by atoms with Gasteiger partial charge in [0, 0.05) is 20.3 Å². The van der Waals surface area contributed by atoms with E-state index in [0.29, 0.717) is 18.6 Å².